The average Bonchev–Trinajstić information content (AvgIpc) is 2.77. The van der Waals surface area contributed by atoms with Crippen LogP contribution in [0, 0.1) is 0 Å². The average molecular weight is 430 g/mol. The third-order valence-corrected chi connectivity index (χ3v) is 4.55. The second-order valence-corrected chi connectivity index (χ2v) is 6.63. The van der Waals surface area contributed by atoms with E-state index in [2.05, 4.69) is 10.6 Å². The summed E-state index contributed by atoms with van der Waals surface area (Å²) in [6, 6.07) is 17.6. The highest BCUT2D eigenvalue weighted by molar-refractivity contribution is 5.97. The number of hydrogen-bond acceptors (Lipinski definition) is 4. The predicted molar refractivity (Wildman–Crippen MR) is 112 cm³/mol. The number of nitrogens with one attached hydrogen (secondary N) is 2. The molecule has 1 amide bonds. The topological polar surface area (TPSA) is 59.6 Å². The van der Waals surface area contributed by atoms with E-state index in [0.29, 0.717) is 22.7 Å². The number of ether oxygens (including phenoxy) is 2. The maximum Gasteiger partial charge on any atom is 0.416 e. The molecule has 0 aliphatic carbocycles. The lowest BCUT2D eigenvalue weighted by Gasteiger charge is -2.21. The van der Waals surface area contributed by atoms with Crippen molar-refractivity contribution in [2.75, 3.05) is 24.9 Å². The van der Waals surface area contributed by atoms with Gasteiger partial charge in [-0.05, 0) is 35.9 Å². The molecule has 0 fully saturated rings. The molecule has 0 saturated heterocycles. The van der Waals surface area contributed by atoms with Crippen molar-refractivity contribution in [1.82, 2.24) is 0 Å². The van der Waals surface area contributed by atoms with E-state index in [1.54, 1.807) is 42.5 Å². The van der Waals surface area contributed by atoms with Crippen molar-refractivity contribution in [2.45, 2.75) is 12.2 Å². The van der Waals surface area contributed by atoms with Gasteiger partial charge in [0.15, 0.2) is 11.5 Å². The molecule has 3 aromatic carbocycles. The Morgan fingerprint density at radius 3 is 2.19 bits per heavy atom. The van der Waals surface area contributed by atoms with Crippen LogP contribution in [0.1, 0.15) is 17.2 Å². The quantitative estimate of drug-likeness (QED) is 0.519. The van der Waals surface area contributed by atoms with Gasteiger partial charge in [-0.2, -0.15) is 13.2 Å². The van der Waals surface area contributed by atoms with E-state index in [1.165, 1.54) is 26.4 Å². The van der Waals surface area contributed by atoms with E-state index in [4.69, 9.17) is 9.47 Å². The van der Waals surface area contributed by atoms with E-state index in [9.17, 15) is 18.0 Å². The molecule has 0 radical (unpaired) electrons. The van der Waals surface area contributed by atoms with Crippen LogP contribution in [0.15, 0.2) is 72.8 Å². The number of methoxy groups -OCH3 is 2. The van der Waals surface area contributed by atoms with Gasteiger partial charge < -0.3 is 20.1 Å². The first-order valence-corrected chi connectivity index (χ1v) is 9.33. The van der Waals surface area contributed by atoms with Crippen molar-refractivity contribution >= 4 is 17.3 Å². The largest absolute Gasteiger partial charge is 0.493 e. The molecule has 0 aliphatic heterocycles. The zero-order valence-electron chi connectivity index (χ0n) is 16.9. The van der Waals surface area contributed by atoms with Crippen molar-refractivity contribution in [3.05, 3.63) is 83.9 Å². The highest BCUT2D eigenvalue weighted by atomic mass is 19.4. The van der Waals surface area contributed by atoms with Crippen molar-refractivity contribution in [2.24, 2.45) is 0 Å². The minimum Gasteiger partial charge on any atom is -0.493 e. The Labute approximate surface area is 177 Å². The molecule has 0 spiro atoms. The smallest absolute Gasteiger partial charge is 0.416 e. The SMILES string of the molecule is COc1ccc(N[C@H](C(=O)Nc2cccc(C(F)(F)F)c2)c2ccccc2)cc1OC. The van der Waals surface area contributed by atoms with Gasteiger partial charge in [0, 0.05) is 17.4 Å². The zero-order valence-corrected chi connectivity index (χ0v) is 16.9. The summed E-state index contributed by atoms with van der Waals surface area (Å²) in [6.45, 7) is 0. The number of amides is 1. The minimum atomic E-state index is -4.50. The van der Waals surface area contributed by atoms with Crippen molar-refractivity contribution in [3.8, 4) is 11.5 Å². The predicted octanol–water partition coefficient (Wildman–Crippen LogP) is 5.51. The number of alkyl halides is 3. The molecule has 3 rings (SSSR count). The van der Waals surface area contributed by atoms with Crippen LogP contribution in [-0.2, 0) is 11.0 Å². The van der Waals surface area contributed by atoms with E-state index in [-0.39, 0.29) is 5.69 Å². The Hall–Kier alpha value is -3.68. The number of benzene rings is 3. The monoisotopic (exact) mass is 430 g/mol. The number of carbonyl (C=O) groups is 1. The molecule has 0 aliphatic rings. The lowest BCUT2D eigenvalue weighted by molar-refractivity contribution is -0.137. The first-order chi connectivity index (χ1) is 14.8. The minimum absolute atomic E-state index is 0.0508. The summed E-state index contributed by atoms with van der Waals surface area (Å²) in [5.41, 5.74) is 0.428. The Morgan fingerprint density at radius 2 is 1.55 bits per heavy atom. The van der Waals surface area contributed by atoms with E-state index in [0.717, 1.165) is 12.1 Å². The summed E-state index contributed by atoms with van der Waals surface area (Å²) in [5, 5.41) is 5.68. The van der Waals surface area contributed by atoms with Gasteiger partial charge in [0.2, 0.25) is 0 Å². The Morgan fingerprint density at radius 1 is 0.839 bits per heavy atom. The Bertz CT molecular complexity index is 1040. The molecule has 0 saturated carbocycles. The first kappa shape index (κ1) is 22.0. The van der Waals surface area contributed by atoms with Crippen LogP contribution in [-0.4, -0.2) is 20.1 Å². The summed E-state index contributed by atoms with van der Waals surface area (Å²) >= 11 is 0. The molecule has 162 valence electrons. The van der Waals surface area contributed by atoms with Crippen LogP contribution in [0.3, 0.4) is 0 Å². The van der Waals surface area contributed by atoms with Crippen LogP contribution >= 0.6 is 0 Å². The number of anilines is 2. The van der Waals surface area contributed by atoms with E-state index in [1.807, 2.05) is 6.07 Å². The molecule has 0 unspecified atom stereocenters. The standard InChI is InChI=1S/C23H21F3N2O3/c1-30-19-12-11-18(14-20(19)31-2)27-21(15-7-4-3-5-8-15)22(29)28-17-10-6-9-16(13-17)23(24,25)26/h3-14,21,27H,1-2H3,(H,28,29)/t21-/m0/s1. The third-order valence-electron chi connectivity index (χ3n) is 4.55. The van der Waals surface area contributed by atoms with Crippen LogP contribution in [0.2, 0.25) is 0 Å². The molecular weight excluding hydrogens is 409 g/mol. The molecule has 5 nitrogen and oxygen atoms in total. The number of hydrogen-bond donors (Lipinski definition) is 2. The lowest BCUT2D eigenvalue weighted by Crippen LogP contribution is -2.27. The van der Waals surface area contributed by atoms with E-state index < -0.39 is 23.7 Å². The highest BCUT2D eigenvalue weighted by Crippen LogP contribution is 2.33. The van der Waals surface area contributed by atoms with Gasteiger partial charge in [0.1, 0.15) is 6.04 Å². The van der Waals surface area contributed by atoms with E-state index >= 15 is 0 Å². The van der Waals surface area contributed by atoms with Crippen LogP contribution < -0.4 is 20.1 Å². The first-order valence-electron chi connectivity index (χ1n) is 9.33. The second-order valence-electron chi connectivity index (χ2n) is 6.63. The Balaban J connectivity index is 1.89. The van der Waals surface area contributed by atoms with Gasteiger partial charge in [0.05, 0.1) is 19.8 Å². The summed E-state index contributed by atoms with van der Waals surface area (Å²) in [7, 11) is 3.01. The van der Waals surface area contributed by atoms with Crippen LogP contribution in [0.25, 0.3) is 0 Å². The molecule has 0 bridgehead atoms. The molecule has 0 aromatic heterocycles. The third kappa shape index (κ3) is 5.48. The molecule has 8 heteroatoms. The van der Waals surface area contributed by atoms with Crippen molar-refractivity contribution < 1.29 is 27.4 Å². The van der Waals surface area contributed by atoms with Gasteiger partial charge in [0.25, 0.3) is 5.91 Å². The highest BCUT2D eigenvalue weighted by Gasteiger charge is 2.31. The maximum absolute atomic E-state index is 13.0. The second kappa shape index (κ2) is 9.42. The summed E-state index contributed by atoms with van der Waals surface area (Å²) < 4.78 is 49.5. The van der Waals surface area contributed by atoms with Gasteiger partial charge in [-0.1, -0.05) is 36.4 Å². The molecule has 31 heavy (non-hydrogen) atoms. The molecule has 0 heterocycles. The Kier molecular flexibility index (Phi) is 6.69. The lowest BCUT2D eigenvalue weighted by atomic mass is 10.1. The van der Waals surface area contributed by atoms with Crippen molar-refractivity contribution in [3.63, 3.8) is 0 Å². The number of rotatable bonds is 7. The zero-order chi connectivity index (χ0) is 22.4. The molecule has 2 N–H and O–H groups in total. The van der Waals surface area contributed by atoms with Crippen LogP contribution in [0.4, 0.5) is 24.5 Å². The van der Waals surface area contributed by atoms with Gasteiger partial charge in [-0.15, -0.1) is 0 Å². The van der Waals surface area contributed by atoms with Gasteiger partial charge in [-0.25, -0.2) is 0 Å². The number of carbonyl (C=O) groups excluding carboxylic acids is 1. The molecule has 1 atom stereocenters. The summed E-state index contributed by atoms with van der Waals surface area (Å²) in [5.74, 6) is 0.482. The fourth-order valence-electron chi connectivity index (χ4n) is 3.03. The van der Waals surface area contributed by atoms with Gasteiger partial charge >= 0.3 is 6.18 Å². The maximum atomic E-state index is 13.0. The van der Waals surface area contributed by atoms with Gasteiger partial charge in [-0.3, -0.25) is 4.79 Å². The van der Waals surface area contributed by atoms with Crippen LogP contribution in [0.5, 0.6) is 11.5 Å². The fraction of sp³-hybridized carbons (Fsp3) is 0.174. The molecular formula is C23H21F3N2O3. The normalized spacial score (nSPS) is 12.0. The molecule has 3 aromatic rings. The fourth-order valence-corrected chi connectivity index (χ4v) is 3.03. The summed E-state index contributed by atoms with van der Waals surface area (Å²) in [4.78, 5) is 13.0. The number of halogens is 3. The summed E-state index contributed by atoms with van der Waals surface area (Å²) in [6.07, 6.45) is -4.50. The van der Waals surface area contributed by atoms with Crippen molar-refractivity contribution in [1.29, 1.82) is 0 Å².